The first-order chi connectivity index (χ1) is 16.4. The predicted octanol–water partition coefficient (Wildman–Crippen LogP) is 2.34. The lowest BCUT2D eigenvalue weighted by Gasteiger charge is -2.38. The molecular formula is C25H31N5O4. The van der Waals surface area contributed by atoms with E-state index < -0.39 is 12.1 Å². The quantitative estimate of drug-likeness (QED) is 0.603. The first-order valence-corrected chi connectivity index (χ1v) is 11.9. The molecule has 4 unspecified atom stereocenters. The summed E-state index contributed by atoms with van der Waals surface area (Å²) in [5, 5.41) is 16.0. The molecule has 0 spiro atoms. The van der Waals surface area contributed by atoms with Gasteiger partial charge in [0, 0.05) is 29.9 Å². The molecule has 9 nitrogen and oxygen atoms in total. The Morgan fingerprint density at radius 1 is 1.32 bits per heavy atom. The molecule has 3 N–H and O–H groups in total. The van der Waals surface area contributed by atoms with Gasteiger partial charge in [0.15, 0.2) is 0 Å². The van der Waals surface area contributed by atoms with Gasteiger partial charge < -0.3 is 25.3 Å². The summed E-state index contributed by atoms with van der Waals surface area (Å²) in [4.78, 5) is 43.6. The molecule has 34 heavy (non-hydrogen) atoms. The van der Waals surface area contributed by atoms with Gasteiger partial charge in [-0.1, -0.05) is 13.0 Å². The third-order valence-electron chi connectivity index (χ3n) is 6.85. The van der Waals surface area contributed by atoms with Gasteiger partial charge in [0.05, 0.1) is 13.2 Å². The molecule has 2 fully saturated rings. The average molecular weight is 466 g/mol. The monoisotopic (exact) mass is 465 g/mol. The van der Waals surface area contributed by atoms with Crippen molar-refractivity contribution in [3.63, 3.8) is 0 Å². The van der Waals surface area contributed by atoms with Crippen LogP contribution in [0.2, 0.25) is 0 Å². The number of ether oxygens (including phenoxy) is 1. The van der Waals surface area contributed by atoms with Crippen molar-refractivity contribution in [2.45, 2.75) is 51.1 Å². The number of carbonyl (C=O) groups excluding carboxylic acids is 3. The Labute approximate surface area is 198 Å². The number of methoxy groups -OCH3 is 1. The smallest absolute Gasteiger partial charge is 0.270 e. The van der Waals surface area contributed by atoms with Gasteiger partial charge in [0.2, 0.25) is 11.8 Å². The Morgan fingerprint density at radius 2 is 2.15 bits per heavy atom. The molecule has 0 radical (unpaired) electrons. The highest BCUT2D eigenvalue weighted by Gasteiger charge is 2.37. The van der Waals surface area contributed by atoms with E-state index in [9.17, 15) is 19.6 Å². The van der Waals surface area contributed by atoms with E-state index in [1.54, 1.807) is 18.1 Å². The number of aromatic nitrogens is 1. The van der Waals surface area contributed by atoms with Gasteiger partial charge in [-0.15, -0.1) is 0 Å². The molecule has 2 saturated heterocycles. The van der Waals surface area contributed by atoms with Crippen molar-refractivity contribution in [2.24, 2.45) is 11.8 Å². The zero-order valence-corrected chi connectivity index (χ0v) is 19.6. The van der Waals surface area contributed by atoms with Crippen molar-refractivity contribution < 1.29 is 19.1 Å². The van der Waals surface area contributed by atoms with E-state index in [2.05, 4.69) is 28.6 Å². The molecular weight excluding hydrogens is 434 g/mol. The maximum absolute atomic E-state index is 13.5. The fourth-order valence-corrected chi connectivity index (χ4v) is 4.98. The number of aromatic amines is 1. The molecule has 180 valence electrons. The van der Waals surface area contributed by atoms with Gasteiger partial charge in [0.1, 0.15) is 23.5 Å². The highest BCUT2D eigenvalue weighted by Crippen LogP contribution is 2.29. The second-order valence-corrected chi connectivity index (χ2v) is 9.32. The van der Waals surface area contributed by atoms with E-state index in [4.69, 9.17) is 4.74 Å². The standard InChI is InChI=1S/C25H31N5O4/c1-15-8-9-21(24(32)28-17(13-26)11-16-5-4-10-27-23(16)31)30(14-15)25(33)20-12-18-19(29-20)6-3-7-22(18)34-2/h3,6-7,12,15-17,21,29H,4-5,8-11,14H2,1-2H3,(H,27,31)(H,28,32). The van der Waals surface area contributed by atoms with Crippen LogP contribution in [0.3, 0.4) is 0 Å². The van der Waals surface area contributed by atoms with E-state index in [-0.39, 0.29) is 36.0 Å². The first-order valence-electron chi connectivity index (χ1n) is 11.9. The van der Waals surface area contributed by atoms with Crippen LogP contribution in [0.1, 0.15) is 49.5 Å². The zero-order chi connectivity index (χ0) is 24.2. The largest absolute Gasteiger partial charge is 0.496 e. The van der Waals surface area contributed by atoms with Crippen molar-refractivity contribution in [3.8, 4) is 11.8 Å². The molecule has 4 atom stereocenters. The number of hydrogen-bond acceptors (Lipinski definition) is 5. The summed E-state index contributed by atoms with van der Waals surface area (Å²) in [6.07, 6.45) is 3.16. The van der Waals surface area contributed by atoms with Crippen molar-refractivity contribution in [3.05, 3.63) is 30.0 Å². The summed E-state index contributed by atoms with van der Waals surface area (Å²) in [6.45, 7) is 3.16. The Hall–Kier alpha value is -3.54. The number of carbonyl (C=O) groups is 3. The summed E-state index contributed by atoms with van der Waals surface area (Å²) in [5.74, 6) is -0.0495. The normalized spacial score (nSPS) is 23.6. The van der Waals surface area contributed by atoms with Crippen LogP contribution in [-0.2, 0) is 9.59 Å². The third-order valence-corrected chi connectivity index (χ3v) is 6.85. The van der Waals surface area contributed by atoms with Crippen LogP contribution >= 0.6 is 0 Å². The topological polar surface area (TPSA) is 127 Å². The number of fused-ring (bicyclic) bond motifs is 1. The summed E-state index contributed by atoms with van der Waals surface area (Å²) >= 11 is 0. The number of rotatable bonds is 6. The minimum Gasteiger partial charge on any atom is -0.496 e. The number of H-pyrrole nitrogens is 1. The molecule has 1 aromatic heterocycles. The maximum atomic E-state index is 13.5. The van der Waals surface area contributed by atoms with Crippen LogP contribution in [0.25, 0.3) is 10.9 Å². The molecule has 0 aliphatic carbocycles. The van der Waals surface area contributed by atoms with Crippen LogP contribution in [0.4, 0.5) is 0 Å². The molecule has 0 bridgehead atoms. The van der Waals surface area contributed by atoms with Gasteiger partial charge in [-0.05, 0) is 56.2 Å². The summed E-state index contributed by atoms with van der Waals surface area (Å²) in [7, 11) is 1.58. The number of piperidine rings is 2. The van der Waals surface area contributed by atoms with Gasteiger partial charge in [0.25, 0.3) is 5.91 Å². The fourth-order valence-electron chi connectivity index (χ4n) is 4.98. The number of amides is 3. The lowest BCUT2D eigenvalue weighted by atomic mass is 9.91. The van der Waals surface area contributed by atoms with Crippen LogP contribution in [0.5, 0.6) is 5.75 Å². The number of nitrogens with one attached hydrogen (secondary N) is 3. The molecule has 2 aromatic rings. The third kappa shape index (κ3) is 4.86. The van der Waals surface area contributed by atoms with Crippen molar-refractivity contribution in [1.29, 1.82) is 5.26 Å². The van der Waals surface area contributed by atoms with E-state index >= 15 is 0 Å². The zero-order valence-electron chi connectivity index (χ0n) is 19.6. The van der Waals surface area contributed by atoms with Gasteiger partial charge in [-0.2, -0.15) is 5.26 Å². The lowest BCUT2D eigenvalue weighted by molar-refractivity contribution is -0.129. The van der Waals surface area contributed by atoms with Crippen molar-refractivity contribution in [2.75, 3.05) is 20.2 Å². The molecule has 4 rings (SSSR count). The molecule has 0 saturated carbocycles. The molecule has 3 heterocycles. The molecule has 2 aliphatic rings. The predicted molar refractivity (Wildman–Crippen MR) is 126 cm³/mol. The number of nitriles is 1. The summed E-state index contributed by atoms with van der Waals surface area (Å²) < 4.78 is 5.40. The summed E-state index contributed by atoms with van der Waals surface area (Å²) in [5.41, 5.74) is 1.17. The fraction of sp³-hybridized carbons (Fsp3) is 0.520. The molecule has 2 aliphatic heterocycles. The Bertz CT molecular complexity index is 1120. The molecule has 3 amide bonds. The second-order valence-electron chi connectivity index (χ2n) is 9.32. The maximum Gasteiger partial charge on any atom is 0.270 e. The lowest BCUT2D eigenvalue weighted by Crippen LogP contribution is -2.55. The van der Waals surface area contributed by atoms with Gasteiger partial charge >= 0.3 is 0 Å². The minimum absolute atomic E-state index is 0.0710. The highest BCUT2D eigenvalue weighted by molar-refractivity contribution is 6.01. The number of benzene rings is 1. The number of likely N-dealkylation sites (tertiary alicyclic amines) is 1. The van der Waals surface area contributed by atoms with Crippen molar-refractivity contribution >= 4 is 28.6 Å². The van der Waals surface area contributed by atoms with E-state index in [0.717, 1.165) is 23.7 Å². The minimum atomic E-state index is -0.782. The van der Waals surface area contributed by atoms with E-state index in [1.165, 1.54) is 0 Å². The average Bonchev–Trinajstić information content (AvgIpc) is 3.28. The first kappa shape index (κ1) is 23.6. The van der Waals surface area contributed by atoms with E-state index in [0.29, 0.717) is 37.4 Å². The SMILES string of the molecule is COc1cccc2[nH]c(C(=O)N3CC(C)CCC3C(=O)NC(C#N)CC3CCCNC3=O)cc12. The van der Waals surface area contributed by atoms with E-state index in [1.807, 2.05) is 18.2 Å². The van der Waals surface area contributed by atoms with Crippen LogP contribution in [-0.4, -0.2) is 59.9 Å². The molecule has 9 heteroatoms. The number of hydrogen-bond donors (Lipinski definition) is 3. The van der Waals surface area contributed by atoms with Crippen molar-refractivity contribution in [1.82, 2.24) is 20.5 Å². The summed E-state index contributed by atoms with van der Waals surface area (Å²) in [6, 6.07) is 7.97. The number of nitrogens with zero attached hydrogens (tertiary/aromatic N) is 2. The second kappa shape index (κ2) is 10.2. The molecule has 1 aromatic carbocycles. The van der Waals surface area contributed by atoms with Crippen LogP contribution in [0, 0.1) is 23.2 Å². The Balaban J connectivity index is 1.51. The Kier molecular flexibility index (Phi) is 7.06. The highest BCUT2D eigenvalue weighted by atomic mass is 16.5. The van der Waals surface area contributed by atoms with Crippen LogP contribution < -0.4 is 15.4 Å². The van der Waals surface area contributed by atoms with Crippen LogP contribution in [0.15, 0.2) is 24.3 Å². The van der Waals surface area contributed by atoms with Gasteiger partial charge in [-0.25, -0.2) is 0 Å². The van der Waals surface area contributed by atoms with Gasteiger partial charge in [-0.3, -0.25) is 14.4 Å². The Morgan fingerprint density at radius 3 is 2.88 bits per heavy atom.